The molecule has 0 aliphatic carbocycles. The molecule has 5 heterocycles. The van der Waals surface area contributed by atoms with Crippen LogP contribution >= 0.6 is 34.4 Å². The van der Waals surface area contributed by atoms with E-state index in [0.29, 0.717) is 16.2 Å². The minimum absolute atomic E-state index is 0.163. The Morgan fingerprint density at radius 3 is 2.82 bits per heavy atom. The molecule has 0 radical (unpaired) electrons. The molecule has 0 aromatic carbocycles. The predicted octanol–water partition coefficient (Wildman–Crippen LogP) is -0.964. The normalized spacial score (nSPS) is 19.0. The third-order valence-corrected chi connectivity index (χ3v) is 8.70. The number of carboxylic acids is 1. The zero-order chi connectivity index (χ0) is 27.8. The summed E-state index contributed by atoms with van der Waals surface area (Å²) in [6, 6.07) is 0.828. The summed E-state index contributed by atoms with van der Waals surface area (Å²) in [5.41, 5.74) is 6.54. The Morgan fingerprint density at radius 1 is 1.36 bits per heavy atom. The Balaban J connectivity index is 1.34. The van der Waals surface area contributed by atoms with Gasteiger partial charge < -0.3 is 31.1 Å². The van der Waals surface area contributed by atoms with Gasteiger partial charge in [0.1, 0.15) is 29.7 Å². The number of carboxylic acid groups (broad SMARTS) is 1. The maximum absolute atomic E-state index is 13.0. The lowest BCUT2D eigenvalue weighted by molar-refractivity contribution is -0.687. The molecule has 2 aliphatic rings. The number of nitrogens with one attached hydrogen (secondary N) is 2. The first kappa shape index (κ1) is 26.5. The van der Waals surface area contributed by atoms with Crippen LogP contribution < -0.4 is 26.0 Å². The number of anilines is 2. The number of amides is 3. The Labute approximate surface area is 232 Å². The second-order valence-electron chi connectivity index (χ2n) is 8.36. The van der Waals surface area contributed by atoms with Gasteiger partial charge in [0.15, 0.2) is 34.9 Å². The highest BCUT2D eigenvalue weighted by molar-refractivity contribution is 8.00. The van der Waals surface area contributed by atoms with Gasteiger partial charge in [0.05, 0.1) is 16.4 Å². The number of nitrogens with zero attached hydrogens (tertiary/aromatic N) is 5. The van der Waals surface area contributed by atoms with Crippen LogP contribution in [0.2, 0.25) is 0 Å². The number of oxime groups is 1. The lowest BCUT2D eigenvalue weighted by Crippen LogP contribution is -2.71. The number of hydrogen-bond donors (Lipinski definition) is 3. The van der Waals surface area contributed by atoms with E-state index >= 15 is 0 Å². The molecule has 1 saturated heterocycles. The van der Waals surface area contributed by atoms with Crippen molar-refractivity contribution in [3.63, 3.8) is 0 Å². The third kappa shape index (κ3) is 5.15. The summed E-state index contributed by atoms with van der Waals surface area (Å²) >= 11 is 3.75. The van der Waals surface area contributed by atoms with E-state index in [9.17, 15) is 24.3 Å². The van der Waals surface area contributed by atoms with E-state index in [-0.39, 0.29) is 40.4 Å². The average molecular weight is 589 g/mol. The molecule has 1 unspecified atom stereocenters. The molecular formula is C22H20N8O6S3. The third-order valence-electron chi connectivity index (χ3n) is 5.73. The number of fused-ring (bicyclic) bond motifs is 2. The number of nitrogen functional groups attached to an aromatic ring is 1. The minimum Gasteiger partial charge on any atom is -0.543 e. The van der Waals surface area contributed by atoms with Crippen LogP contribution in [0.4, 0.5) is 10.3 Å². The largest absolute Gasteiger partial charge is 0.543 e. The molecule has 202 valence electrons. The first-order valence-corrected chi connectivity index (χ1v) is 14.0. The van der Waals surface area contributed by atoms with Gasteiger partial charge >= 0.3 is 0 Å². The highest BCUT2D eigenvalue weighted by Crippen LogP contribution is 2.40. The van der Waals surface area contributed by atoms with Crippen LogP contribution in [0.15, 0.2) is 40.3 Å². The van der Waals surface area contributed by atoms with Crippen molar-refractivity contribution in [2.24, 2.45) is 5.16 Å². The van der Waals surface area contributed by atoms with E-state index < -0.39 is 29.2 Å². The van der Waals surface area contributed by atoms with E-state index in [1.54, 1.807) is 17.0 Å². The number of β-lactam (4-membered cyclic amide) rings is 1. The molecule has 2 aliphatic heterocycles. The molecular weight excluding hydrogens is 568 g/mol. The van der Waals surface area contributed by atoms with Crippen molar-refractivity contribution in [1.29, 1.82) is 0 Å². The number of pyridine rings is 1. The van der Waals surface area contributed by atoms with E-state index in [1.807, 2.05) is 6.07 Å². The van der Waals surface area contributed by atoms with E-state index in [0.717, 1.165) is 20.9 Å². The summed E-state index contributed by atoms with van der Waals surface area (Å²) in [6.07, 6.45) is 3.49. The van der Waals surface area contributed by atoms with E-state index in [1.165, 1.54) is 42.5 Å². The van der Waals surface area contributed by atoms with Gasteiger partial charge in [-0.1, -0.05) is 16.5 Å². The summed E-state index contributed by atoms with van der Waals surface area (Å²) in [5, 5.41) is 22.7. The fourth-order valence-corrected chi connectivity index (χ4v) is 6.90. The van der Waals surface area contributed by atoms with Crippen LogP contribution in [0.1, 0.15) is 12.6 Å². The Bertz CT molecular complexity index is 1580. The second-order valence-corrected chi connectivity index (χ2v) is 11.4. The highest BCUT2D eigenvalue weighted by atomic mass is 32.2. The maximum atomic E-state index is 13.0. The molecule has 3 aromatic heterocycles. The van der Waals surface area contributed by atoms with Crippen molar-refractivity contribution < 1.29 is 33.7 Å². The van der Waals surface area contributed by atoms with Gasteiger partial charge in [0.2, 0.25) is 5.91 Å². The molecule has 3 amide bonds. The molecule has 5 rings (SSSR count). The Morgan fingerprint density at radius 2 is 2.15 bits per heavy atom. The first-order chi connectivity index (χ1) is 18.7. The number of nitrogens with two attached hydrogens (primary N) is 1. The van der Waals surface area contributed by atoms with Gasteiger partial charge in [-0.15, -0.1) is 23.1 Å². The molecule has 14 nitrogen and oxygen atoms in total. The average Bonchev–Trinajstić information content (AvgIpc) is 3.49. The molecule has 0 bridgehead atoms. The van der Waals surface area contributed by atoms with Crippen molar-refractivity contribution in [3.8, 4) is 0 Å². The van der Waals surface area contributed by atoms with Crippen molar-refractivity contribution in [1.82, 2.24) is 20.2 Å². The summed E-state index contributed by atoms with van der Waals surface area (Å²) in [6.45, 7) is 1.56. The maximum Gasteiger partial charge on any atom is 0.276 e. The lowest BCUT2D eigenvalue weighted by Gasteiger charge is -2.50. The molecule has 0 spiro atoms. The number of carbonyl (C=O) groups excluding carboxylic acids is 4. The first-order valence-electron chi connectivity index (χ1n) is 11.2. The highest BCUT2D eigenvalue weighted by Gasteiger charge is 2.53. The minimum atomic E-state index is -1.49. The number of thiazole rings is 2. The second kappa shape index (κ2) is 10.6. The number of carbonyl (C=O) groups is 4. The topological polar surface area (TPSA) is 196 Å². The molecule has 2 atom stereocenters. The van der Waals surface area contributed by atoms with Crippen LogP contribution in [0.3, 0.4) is 0 Å². The van der Waals surface area contributed by atoms with Gasteiger partial charge in [0, 0.05) is 29.7 Å². The van der Waals surface area contributed by atoms with E-state index in [4.69, 9.17) is 10.6 Å². The molecule has 3 aromatic rings. The van der Waals surface area contributed by atoms with Crippen LogP contribution in [0, 0.1) is 0 Å². The summed E-state index contributed by atoms with van der Waals surface area (Å²) in [7, 11) is 1.26. The molecule has 39 heavy (non-hydrogen) atoms. The van der Waals surface area contributed by atoms with Gasteiger partial charge in [-0.3, -0.25) is 19.3 Å². The Kier molecular flexibility index (Phi) is 7.19. The number of aliphatic carboxylic acids is 1. The van der Waals surface area contributed by atoms with Crippen LogP contribution in [-0.2, 0) is 30.6 Å². The fourth-order valence-electron chi connectivity index (χ4n) is 4.14. The van der Waals surface area contributed by atoms with Crippen molar-refractivity contribution in [3.05, 3.63) is 40.8 Å². The number of aromatic nitrogens is 3. The van der Waals surface area contributed by atoms with Gasteiger partial charge in [-0.2, -0.15) is 4.57 Å². The zero-order valence-corrected chi connectivity index (χ0v) is 22.8. The van der Waals surface area contributed by atoms with Crippen LogP contribution in [-0.4, -0.2) is 68.5 Å². The summed E-state index contributed by atoms with van der Waals surface area (Å²) < 4.78 is 2.59. The lowest BCUT2D eigenvalue weighted by atomic mass is 10.0. The number of thioether (sulfide) groups is 1. The number of rotatable bonds is 8. The molecule has 1 fully saturated rings. The van der Waals surface area contributed by atoms with Gasteiger partial charge in [0.25, 0.3) is 11.8 Å². The van der Waals surface area contributed by atoms with Gasteiger partial charge in [-0.05, 0) is 0 Å². The standard InChI is InChI=1S/C22H20N8O6S3/c1-9(31)24-22-26-11-6-29(4-3-13(11)39-22)5-10-7-37-19-15(18(33)30(19)16(10)20(34)35)27-17(32)14(28-36-2)12-8-38-21(23)25-12/h3-4,6,8,15,19H,5,7H2,1-2H3,(H4-,23,24,25,26,27,31,32,34,35)/b28-14-/t15?,19-/m1/s1. The number of hydrogen-bond acceptors (Lipinski definition) is 13. The zero-order valence-electron chi connectivity index (χ0n) is 20.4. The van der Waals surface area contributed by atoms with Crippen molar-refractivity contribution in [2.75, 3.05) is 23.9 Å². The monoisotopic (exact) mass is 588 g/mol. The Hall–Kier alpha value is -4.09. The SMILES string of the molecule is CO/N=C(\C(=O)NC1C(=O)N2C(C(=O)[O-])=C(C[n+]3ccc4sc(NC(C)=O)nc4c3)CS[C@H]12)c1csc(N)n1. The van der Waals surface area contributed by atoms with Crippen molar-refractivity contribution >= 4 is 84.3 Å². The molecule has 0 saturated carbocycles. The van der Waals surface area contributed by atoms with Gasteiger partial charge in [-0.25, -0.2) is 9.97 Å². The summed E-state index contributed by atoms with van der Waals surface area (Å²) in [4.78, 5) is 63.7. The molecule has 4 N–H and O–H groups in total. The van der Waals surface area contributed by atoms with E-state index in [2.05, 4.69) is 25.8 Å². The quantitative estimate of drug-likeness (QED) is 0.128. The molecule has 17 heteroatoms. The fraction of sp³-hybridized carbons (Fsp3) is 0.273. The smallest absolute Gasteiger partial charge is 0.276 e. The van der Waals surface area contributed by atoms with Crippen LogP contribution in [0.25, 0.3) is 10.2 Å². The van der Waals surface area contributed by atoms with Crippen LogP contribution in [0.5, 0.6) is 0 Å². The summed E-state index contributed by atoms with van der Waals surface area (Å²) in [5.74, 6) is -2.74. The predicted molar refractivity (Wildman–Crippen MR) is 141 cm³/mol. The van der Waals surface area contributed by atoms with Crippen molar-refractivity contribution in [2.45, 2.75) is 24.9 Å².